The van der Waals surface area contributed by atoms with Gasteiger partial charge in [0.2, 0.25) is 5.91 Å². The van der Waals surface area contributed by atoms with Gasteiger partial charge in [-0.3, -0.25) is 9.59 Å². The predicted octanol–water partition coefficient (Wildman–Crippen LogP) is 1.63. The number of hydrogen-bond acceptors (Lipinski definition) is 4. The van der Waals surface area contributed by atoms with Crippen LogP contribution in [0.4, 0.5) is 0 Å². The minimum atomic E-state index is -3.53. The molecule has 24 heavy (non-hydrogen) atoms. The molecule has 130 valence electrons. The van der Waals surface area contributed by atoms with Crippen molar-refractivity contribution >= 4 is 33.3 Å². The van der Waals surface area contributed by atoms with Gasteiger partial charge >= 0.3 is 0 Å². The summed E-state index contributed by atoms with van der Waals surface area (Å²) in [5, 5.41) is 3.01. The number of halogens is 1. The number of amides is 2. The third-order valence-corrected chi connectivity index (χ3v) is 5.90. The molecule has 1 aromatic rings. The highest BCUT2D eigenvalue weighted by Crippen LogP contribution is 2.26. The third-order valence-electron chi connectivity index (χ3n) is 4.32. The average Bonchev–Trinajstić information content (AvgIpc) is 3.18. The molecule has 2 aliphatic rings. The zero-order chi connectivity index (χ0) is 17.5. The van der Waals surface area contributed by atoms with Gasteiger partial charge in [-0.2, -0.15) is 0 Å². The van der Waals surface area contributed by atoms with Crippen molar-refractivity contribution in [2.24, 2.45) is 0 Å². The molecule has 0 aromatic heterocycles. The smallest absolute Gasteiger partial charge is 0.254 e. The van der Waals surface area contributed by atoms with Crippen molar-refractivity contribution in [2.75, 3.05) is 12.8 Å². The van der Waals surface area contributed by atoms with Crippen LogP contribution < -0.4 is 5.32 Å². The molecule has 1 aliphatic heterocycles. The van der Waals surface area contributed by atoms with Crippen molar-refractivity contribution in [1.29, 1.82) is 0 Å². The van der Waals surface area contributed by atoms with Gasteiger partial charge in [0.05, 0.1) is 9.92 Å². The molecule has 0 radical (unpaired) electrons. The second-order valence-electron chi connectivity index (χ2n) is 6.36. The molecule has 1 saturated heterocycles. The highest BCUT2D eigenvalue weighted by molar-refractivity contribution is 7.90. The first kappa shape index (κ1) is 17.2. The van der Waals surface area contributed by atoms with Crippen LogP contribution in [0.3, 0.4) is 0 Å². The molecule has 3 rings (SSSR count). The first-order valence-corrected chi connectivity index (χ1v) is 10.2. The standard InChI is InChI=1S/C16H19ClN2O4S/c1-24(22,23)14-9-10(4-7-12(14)17)16(21)19-8-2-3-13(19)15(20)18-11-5-6-11/h4,7,9,11,13H,2-3,5-6,8H2,1H3,(H,18,20). The third kappa shape index (κ3) is 3.57. The molecule has 2 amide bonds. The first-order chi connectivity index (χ1) is 11.3. The SMILES string of the molecule is CS(=O)(=O)c1cc(C(=O)N2CCCC2C(=O)NC2CC2)ccc1Cl. The van der Waals surface area contributed by atoms with Gasteiger partial charge in [-0.15, -0.1) is 0 Å². The second kappa shape index (κ2) is 6.37. The fourth-order valence-electron chi connectivity index (χ4n) is 2.89. The van der Waals surface area contributed by atoms with Crippen LogP contribution in [0.5, 0.6) is 0 Å². The molecular weight excluding hydrogens is 352 g/mol. The Labute approximate surface area is 146 Å². The van der Waals surface area contributed by atoms with E-state index in [0.717, 1.165) is 25.5 Å². The number of rotatable bonds is 4. The van der Waals surface area contributed by atoms with E-state index in [4.69, 9.17) is 11.6 Å². The summed E-state index contributed by atoms with van der Waals surface area (Å²) < 4.78 is 23.6. The molecule has 1 aromatic carbocycles. The fourth-order valence-corrected chi connectivity index (χ4v) is 4.20. The molecule has 8 heteroatoms. The van der Waals surface area contributed by atoms with E-state index in [2.05, 4.69) is 5.32 Å². The zero-order valence-corrected chi connectivity index (χ0v) is 14.9. The maximum atomic E-state index is 12.8. The number of carbonyl (C=O) groups is 2. The minimum Gasteiger partial charge on any atom is -0.352 e. The van der Waals surface area contributed by atoms with Gasteiger partial charge in [0.1, 0.15) is 6.04 Å². The Bertz CT molecular complexity index is 789. The van der Waals surface area contributed by atoms with Crippen LogP contribution in [0.1, 0.15) is 36.0 Å². The molecule has 0 bridgehead atoms. The van der Waals surface area contributed by atoms with Gasteiger partial charge in [0.15, 0.2) is 9.84 Å². The monoisotopic (exact) mass is 370 g/mol. The summed E-state index contributed by atoms with van der Waals surface area (Å²) in [6.45, 7) is 0.485. The van der Waals surface area contributed by atoms with E-state index in [1.165, 1.54) is 23.1 Å². The zero-order valence-electron chi connectivity index (χ0n) is 13.3. The van der Waals surface area contributed by atoms with E-state index < -0.39 is 15.9 Å². The normalized spacial score (nSPS) is 20.9. The van der Waals surface area contributed by atoms with E-state index in [-0.39, 0.29) is 33.3 Å². The molecule has 1 N–H and O–H groups in total. The molecule has 1 heterocycles. The molecule has 6 nitrogen and oxygen atoms in total. The fraction of sp³-hybridized carbons (Fsp3) is 0.500. The van der Waals surface area contributed by atoms with Gasteiger partial charge in [-0.25, -0.2) is 8.42 Å². The quantitative estimate of drug-likeness (QED) is 0.873. The summed E-state index contributed by atoms with van der Waals surface area (Å²) in [5.41, 5.74) is 0.228. The van der Waals surface area contributed by atoms with Gasteiger partial charge < -0.3 is 10.2 Å². The number of sulfone groups is 1. The van der Waals surface area contributed by atoms with Gasteiger partial charge in [-0.05, 0) is 43.9 Å². The van der Waals surface area contributed by atoms with Crippen molar-refractivity contribution in [3.8, 4) is 0 Å². The minimum absolute atomic E-state index is 0.0757. The summed E-state index contributed by atoms with van der Waals surface area (Å²) in [6.07, 6.45) is 4.39. The van der Waals surface area contributed by atoms with Crippen LogP contribution >= 0.6 is 11.6 Å². The topological polar surface area (TPSA) is 83.6 Å². The maximum absolute atomic E-state index is 12.8. The van der Waals surface area contributed by atoms with E-state index in [1.54, 1.807) is 0 Å². The Kier molecular flexibility index (Phi) is 4.57. The maximum Gasteiger partial charge on any atom is 0.254 e. The lowest BCUT2D eigenvalue weighted by molar-refractivity contribution is -0.125. The Balaban J connectivity index is 1.83. The summed E-state index contributed by atoms with van der Waals surface area (Å²) in [7, 11) is -3.53. The lowest BCUT2D eigenvalue weighted by Gasteiger charge is -2.24. The molecular formula is C16H19ClN2O4S. The average molecular weight is 371 g/mol. The Morgan fingerprint density at radius 2 is 1.96 bits per heavy atom. The number of nitrogens with zero attached hydrogens (tertiary/aromatic N) is 1. The van der Waals surface area contributed by atoms with Crippen molar-refractivity contribution in [1.82, 2.24) is 10.2 Å². The van der Waals surface area contributed by atoms with Gasteiger partial charge in [0.25, 0.3) is 5.91 Å². The molecule has 0 spiro atoms. The summed E-state index contributed by atoms with van der Waals surface area (Å²) in [5.74, 6) is -0.467. The van der Waals surface area contributed by atoms with E-state index in [0.29, 0.717) is 13.0 Å². The van der Waals surface area contributed by atoms with Crippen molar-refractivity contribution in [3.63, 3.8) is 0 Å². The first-order valence-electron chi connectivity index (χ1n) is 7.88. The molecule has 2 fully saturated rings. The van der Waals surface area contributed by atoms with Crippen LogP contribution in [0, 0.1) is 0 Å². The number of likely N-dealkylation sites (tertiary alicyclic amines) is 1. The van der Waals surface area contributed by atoms with Crippen LogP contribution in [-0.2, 0) is 14.6 Å². The Morgan fingerprint density at radius 1 is 1.25 bits per heavy atom. The molecule has 1 unspecified atom stereocenters. The van der Waals surface area contributed by atoms with E-state index in [1.807, 2.05) is 0 Å². The second-order valence-corrected chi connectivity index (χ2v) is 8.75. The summed E-state index contributed by atoms with van der Waals surface area (Å²) >= 11 is 5.92. The van der Waals surface area contributed by atoms with Crippen molar-refractivity contribution in [2.45, 2.75) is 42.7 Å². The van der Waals surface area contributed by atoms with Gasteiger partial charge in [0, 0.05) is 24.4 Å². The van der Waals surface area contributed by atoms with Crippen LogP contribution in [0.25, 0.3) is 0 Å². The molecule has 1 aliphatic carbocycles. The number of benzene rings is 1. The van der Waals surface area contributed by atoms with Crippen LogP contribution in [0.2, 0.25) is 5.02 Å². The largest absolute Gasteiger partial charge is 0.352 e. The van der Waals surface area contributed by atoms with Crippen LogP contribution in [-0.4, -0.2) is 50.0 Å². The number of carbonyl (C=O) groups excluding carboxylic acids is 2. The van der Waals surface area contributed by atoms with Crippen molar-refractivity contribution < 1.29 is 18.0 Å². The molecule has 1 atom stereocenters. The summed E-state index contributed by atoms with van der Waals surface area (Å²) in [4.78, 5) is 26.5. The lowest BCUT2D eigenvalue weighted by atomic mass is 10.1. The lowest BCUT2D eigenvalue weighted by Crippen LogP contribution is -2.46. The van der Waals surface area contributed by atoms with E-state index >= 15 is 0 Å². The van der Waals surface area contributed by atoms with E-state index in [9.17, 15) is 18.0 Å². The number of hydrogen-bond donors (Lipinski definition) is 1. The highest BCUT2D eigenvalue weighted by atomic mass is 35.5. The highest BCUT2D eigenvalue weighted by Gasteiger charge is 2.37. The van der Waals surface area contributed by atoms with Crippen molar-refractivity contribution in [3.05, 3.63) is 28.8 Å². The number of nitrogens with one attached hydrogen (secondary N) is 1. The molecule has 1 saturated carbocycles. The summed E-state index contributed by atoms with van der Waals surface area (Å²) in [6, 6.07) is 3.93. The van der Waals surface area contributed by atoms with Crippen LogP contribution in [0.15, 0.2) is 23.1 Å². The Morgan fingerprint density at radius 3 is 2.58 bits per heavy atom. The Hall–Kier alpha value is -1.60. The predicted molar refractivity (Wildman–Crippen MR) is 89.8 cm³/mol. The van der Waals surface area contributed by atoms with Gasteiger partial charge in [-0.1, -0.05) is 11.6 Å².